The van der Waals surface area contributed by atoms with E-state index in [1.54, 1.807) is 7.11 Å². The Bertz CT molecular complexity index is 359. The summed E-state index contributed by atoms with van der Waals surface area (Å²) in [5, 5.41) is 3.01. The van der Waals surface area contributed by atoms with Crippen molar-refractivity contribution in [3.8, 4) is 5.75 Å². The van der Waals surface area contributed by atoms with E-state index in [-0.39, 0.29) is 11.9 Å². The van der Waals surface area contributed by atoms with Gasteiger partial charge in [-0.15, -0.1) is 0 Å². The van der Waals surface area contributed by atoms with Crippen molar-refractivity contribution in [2.24, 2.45) is 0 Å². The average molecular weight is 249 g/mol. The molecule has 0 spiro atoms. The summed E-state index contributed by atoms with van der Waals surface area (Å²) in [6.07, 6.45) is 3.45. The first kappa shape index (κ1) is 14.6. The van der Waals surface area contributed by atoms with Crippen molar-refractivity contribution in [2.45, 2.75) is 45.6 Å². The van der Waals surface area contributed by atoms with E-state index >= 15 is 0 Å². The van der Waals surface area contributed by atoms with Crippen molar-refractivity contribution >= 4 is 5.91 Å². The van der Waals surface area contributed by atoms with E-state index in [1.807, 2.05) is 24.3 Å². The zero-order chi connectivity index (χ0) is 13.4. The highest BCUT2D eigenvalue weighted by Gasteiger charge is 2.06. The van der Waals surface area contributed by atoms with Gasteiger partial charge in [0.25, 0.3) is 0 Å². The lowest BCUT2D eigenvalue weighted by Gasteiger charge is -2.12. The lowest BCUT2D eigenvalue weighted by Crippen LogP contribution is -2.32. The molecule has 100 valence electrons. The van der Waals surface area contributed by atoms with Gasteiger partial charge in [-0.05, 0) is 37.5 Å². The first-order valence-electron chi connectivity index (χ1n) is 6.58. The Kier molecular flexibility index (Phi) is 6.26. The Morgan fingerprint density at radius 2 is 2.00 bits per heavy atom. The van der Waals surface area contributed by atoms with Crippen LogP contribution in [-0.4, -0.2) is 19.1 Å². The van der Waals surface area contributed by atoms with Crippen LogP contribution >= 0.6 is 0 Å². The summed E-state index contributed by atoms with van der Waals surface area (Å²) in [5.41, 5.74) is 1.16. The van der Waals surface area contributed by atoms with Crippen LogP contribution in [0.4, 0.5) is 0 Å². The predicted molar refractivity (Wildman–Crippen MR) is 73.8 cm³/mol. The zero-order valence-corrected chi connectivity index (χ0v) is 11.5. The SMILES string of the molecule is CCC[C@@H](C)NC(=O)CCc1ccc(OC)cc1. The number of ether oxygens (including phenoxy) is 1. The topological polar surface area (TPSA) is 38.3 Å². The van der Waals surface area contributed by atoms with Gasteiger partial charge < -0.3 is 10.1 Å². The summed E-state index contributed by atoms with van der Waals surface area (Å²) in [6, 6.07) is 8.13. The summed E-state index contributed by atoms with van der Waals surface area (Å²) in [6.45, 7) is 4.18. The number of aryl methyl sites for hydroxylation is 1. The fourth-order valence-electron chi connectivity index (χ4n) is 1.90. The Morgan fingerprint density at radius 3 is 2.56 bits per heavy atom. The maximum atomic E-state index is 11.7. The van der Waals surface area contributed by atoms with Crippen molar-refractivity contribution in [1.29, 1.82) is 0 Å². The van der Waals surface area contributed by atoms with E-state index < -0.39 is 0 Å². The quantitative estimate of drug-likeness (QED) is 0.807. The maximum Gasteiger partial charge on any atom is 0.220 e. The molecule has 0 aromatic heterocycles. The standard InChI is InChI=1S/C15H23NO2/c1-4-5-12(2)16-15(17)11-8-13-6-9-14(18-3)10-7-13/h6-7,9-10,12H,4-5,8,11H2,1-3H3,(H,16,17)/t12-/m1/s1. The molecule has 1 aromatic rings. The highest BCUT2D eigenvalue weighted by Crippen LogP contribution is 2.12. The van der Waals surface area contributed by atoms with Crippen LogP contribution < -0.4 is 10.1 Å². The second kappa shape index (κ2) is 7.75. The van der Waals surface area contributed by atoms with E-state index in [9.17, 15) is 4.79 Å². The zero-order valence-electron chi connectivity index (χ0n) is 11.5. The lowest BCUT2D eigenvalue weighted by molar-refractivity contribution is -0.121. The molecule has 0 aliphatic carbocycles. The molecule has 1 N–H and O–H groups in total. The van der Waals surface area contributed by atoms with Crippen LogP contribution in [0.1, 0.15) is 38.7 Å². The predicted octanol–water partition coefficient (Wildman–Crippen LogP) is 2.93. The first-order chi connectivity index (χ1) is 8.65. The highest BCUT2D eigenvalue weighted by atomic mass is 16.5. The second-order valence-electron chi connectivity index (χ2n) is 4.61. The summed E-state index contributed by atoms with van der Waals surface area (Å²) in [7, 11) is 1.65. The highest BCUT2D eigenvalue weighted by molar-refractivity contribution is 5.76. The van der Waals surface area contributed by atoms with Crippen LogP contribution in [0, 0.1) is 0 Å². The molecule has 1 aromatic carbocycles. The molecule has 0 unspecified atom stereocenters. The molecule has 0 heterocycles. The number of hydrogen-bond acceptors (Lipinski definition) is 2. The summed E-state index contributed by atoms with van der Waals surface area (Å²) >= 11 is 0. The minimum atomic E-state index is 0.131. The monoisotopic (exact) mass is 249 g/mol. The summed E-state index contributed by atoms with van der Waals surface area (Å²) in [4.78, 5) is 11.7. The van der Waals surface area contributed by atoms with Crippen LogP contribution in [-0.2, 0) is 11.2 Å². The van der Waals surface area contributed by atoms with E-state index in [0.717, 1.165) is 30.6 Å². The van der Waals surface area contributed by atoms with Crippen LogP contribution in [0.15, 0.2) is 24.3 Å². The van der Waals surface area contributed by atoms with Gasteiger partial charge in [0.1, 0.15) is 5.75 Å². The smallest absolute Gasteiger partial charge is 0.220 e. The number of hydrogen-bond donors (Lipinski definition) is 1. The molecule has 3 heteroatoms. The van der Waals surface area contributed by atoms with Gasteiger partial charge in [0.2, 0.25) is 5.91 Å². The number of methoxy groups -OCH3 is 1. The fourth-order valence-corrected chi connectivity index (χ4v) is 1.90. The number of benzene rings is 1. The Labute approximate surface area is 110 Å². The molecule has 18 heavy (non-hydrogen) atoms. The molecule has 0 saturated heterocycles. The minimum Gasteiger partial charge on any atom is -0.497 e. The van der Waals surface area contributed by atoms with Crippen molar-refractivity contribution in [1.82, 2.24) is 5.32 Å². The van der Waals surface area contributed by atoms with Crippen LogP contribution in [0.5, 0.6) is 5.75 Å². The van der Waals surface area contributed by atoms with E-state index in [1.165, 1.54) is 0 Å². The molecule has 1 atom stereocenters. The number of carbonyl (C=O) groups excluding carboxylic acids is 1. The van der Waals surface area contributed by atoms with Gasteiger partial charge in [-0.1, -0.05) is 25.5 Å². The molecule has 0 radical (unpaired) electrons. The van der Waals surface area contributed by atoms with E-state index in [0.29, 0.717) is 6.42 Å². The Morgan fingerprint density at radius 1 is 1.33 bits per heavy atom. The van der Waals surface area contributed by atoms with Gasteiger partial charge in [-0.25, -0.2) is 0 Å². The second-order valence-corrected chi connectivity index (χ2v) is 4.61. The average Bonchev–Trinajstić information content (AvgIpc) is 2.37. The molecule has 0 aliphatic heterocycles. The third kappa shape index (κ3) is 5.21. The van der Waals surface area contributed by atoms with Crippen LogP contribution in [0.3, 0.4) is 0 Å². The molecular weight excluding hydrogens is 226 g/mol. The number of rotatable bonds is 7. The van der Waals surface area contributed by atoms with E-state index in [2.05, 4.69) is 19.2 Å². The van der Waals surface area contributed by atoms with Gasteiger partial charge in [0, 0.05) is 12.5 Å². The minimum absolute atomic E-state index is 0.131. The third-order valence-electron chi connectivity index (χ3n) is 2.93. The molecule has 0 aliphatic rings. The summed E-state index contributed by atoms with van der Waals surface area (Å²) < 4.78 is 5.10. The maximum absolute atomic E-state index is 11.7. The largest absolute Gasteiger partial charge is 0.497 e. The molecule has 3 nitrogen and oxygen atoms in total. The fraction of sp³-hybridized carbons (Fsp3) is 0.533. The van der Waals surface area contributed by atoms with Crippen LogP contribution in [0.2, 0.25) is 0 Å². The normalized spacial score (nSPS) is 11.9. The van der Waals surface area contributed by atoms with Crippen LogP contribution in [0.25, 0.3) is 0 Å². The van der Waals surface area contributed by atoms with Gasteiger partial charge in [0.15, 0.2) is 0 Å². The molecule has 0 saturated carbocycles. The number of carbonyl (C=O) groups is 1. The first-order valence-corrected chi connectivity index (χ1v) is 6.58. The van der Waals surface area contributed by atoms with Gasteiger partial charge in [-0.2, -0.15) is 0 Å². The van der Waals surface area contributed by atoms with Crippen molar-refractivity contribution in [2.75, 3.05) is 7.11 Å². The number of amides is 1. The Balaban J connectivity index is 2.33. The third-order valence-corrected chi connectivity index (χ3v) is 2.93. The van der Waals surface area contributed by atoms with Gasteiger partial charge in [0.05, 0.1) is 7.11 Å². The van der Waals surface area contributed by atoms with E-state index in [4.69, 9.17) is 4.74 Å². The molecule has 0 fully saturated rings. The summed E-state index contributed by atoms with van der Waals surface area (Å²) in [5.74, 6) is 0.978. The van der Waals surface area contributed by atoms with Crippen molar-refractivity contribution in [3.05, 3.63) is 29.8 Å². The molecule has 0 bridgehead atoms. The lowest BCUT2D eigenvalue weighted by atomic mass is 10.1. The van der Waals surface area contributed by atoms with Crippen molar-refractivity contribution in [3.63, 3.8) is 0 Å². The molecule has 1 amide bonds. The van der Waals surface area contributed by atoms with Crippen molar-refractivity contribution < 1.29 is 9.53 Å². The molecular formula is C15H23NO2. The van der Waals surface area contributed by atoms with Gasteiger partial charge in [-0.3, -0.25) is 4.79 Å². The van der Waals surface area contributed by atoms with Gasteiger partial charge >= 0.3 is 0 Å². The number of nitrogens with one attached hydrogen (secondary N) is 1. The molecule has 1 rings (SSSR count). The Hall–Kier alpha value is -1.51.